The first kappa shape index (κ1) is 20.8. The normalized spacial score (nSPS) is 17.5. The van der Waals surface area contributed by atoms with Crippen LogP contribution in [0.25, 0.3) is 0 Å². The van der Waals surface area contributed by atoms with Gasteiger partial charge in [0.15, 0.2) is 0 Å². The zero-order valence-corrected chi connectivity index (χ0v) is 18.8. The molecule has 33 heavy (non-hydrogen) atoms. The van der Waals surface area contributed by atoms with Crippen molar-refractivity contribution >= 4 is 40.6 Å². The molecule has 0 saturated heterocycles. The lowest BCUT2D eigenvalue weighted by atomic mass is 9.94. The van der Waals surface area contributed by atoms with Gasteiger partial charge in [-0.25, -0.2) is 9.79 Å². The molecule has 2 aliphatic rings. The van der Waals surface area contributed by atoms with Gasteiger partial charge in [0.05, 0.1) is 35.0 Å². The van der Waals surface area contributed by atoms with Gasteiger partial charge in [-0.05, 0) is 36.1 Å². The maximum Gasteiger partial charge on any atom is 0.338 e. The van der Waals surface area contributed by atoms with Gasteiger partial charge in [0.1, 0.15) is 0 Å². The van der Waals surface area contributed by atoms with E-state index in [4.69, 9.17) is 14.8 Å². The Kier molecular flexibility index (Phi) is 5.35. The van der Waals surface area contributed by atoms with Crippen LogP contribution in [0.4, 0.5) is 5.69 Å². The molecule has 3 heterocycles. The number of methoxy groups -OCH3 is 1. The molecule has 1 aromatic heterocycles. The van der Waals surface area contributed by atoms with Gasteiger partial charge in [-0.1, -0.05) is 54.6 Å². The third-order valence-corrected chi connectivity index (χ3v) is 6.36. The number of Topliss-reactive ketones (excluding diaryl/α,β-unsaturated/α-hetero) is 1. The number of carbonyl (C=O) groups excluding carboxylic acids is 2. The van der Waals surface area contributed by atoms with E-state index in [1.54, 1.807) is 22.9 Å². The number of ketones is 1. The number of guanidine groups is 1. The van der Waals surface area contributed by atoms with E-state index in [1.807, 2.05) is 72.1 Å². The Morgan fingerprint density at radius 3 is 2.30 bits per heavy atom. The van der Waals surface area contributed by atoms with Crippen LogP contribution in [-0.2, 0) is 9.53 Å². The molecule has 1 unspecified atom stereocenters. The number of hydrogen-bond donors (Lipinski definition) is 0. The summed E-state index contributed by atoms with van der Waals surface area (Å²) in [5.41, 5.74) is 2.47. The molecule has 2 aliphatic heterocycles. The summed E-state index contributed by atoms with van der Waals surface area (Å²) >= 11 is 1.34. The van der Waals surface area contributed by atoms with E-state index in [1.165, 1.54) is 18.4 Å². The van der Waals surface area contributed by atoms with E-state index in [9.17, 15) is 9.59 Å². The summed E-state index contributed by atoms with van der Waals surface area (Å²) in [6, 6.07) is 22.0. The van der Waals surface area contributed by atoms with Crippen LogP contribution >= 0.6 is 11.3 Å². The Morgan fingerprint density at radius 1 is 0.970 bits per heavy atom. The molecule has 3 aromatic rings. The summed E-state index contributed by atoms with van der Waals surface area (Å²) in [5.74, 6) is -0.0750. The third-order valence-electron chi connectivity index (χ3n) is 5.49. The molecule has 164 valence electrons. The quantitative estimate of drug-likeness (QED) is 0.414. The van der Waals surface area contributed by atoms with Crippen molar-refractivity contribution in [2.24, 2.45) is 10.1 Å². The van der Waals surface area contributed by atoms with Crippen LogP contribution < -0.4 is 5.01 Å². The summed E-state index contributed by atoms with van der Waals surface area (Å²) in [6.07, 6.45) is 0. The first-order valence-electron chi connectivity index (χ1n) is 10.3. The van der Waals surface area contributed by atoms with Crippen LogP contribution in [0.3, 0.4) is 0 Å². The zero-order valence-electron chi connectivity index (χ0n) is 18.0. The highest BCUT2D eigenvalue weighted by Crippen LogP contribution is 2.40. The van der Waals surface area contributed by atoms with Gasteiger partial charge in [0, 0.05) is 0 Å². The van der Waals surface area contributed by atoms with Gasteiger partial charge in [0.2, 0.25) is 17.6 Å². The van der Waals surface area contributed by atoms with Crippen molar-refractivity contribution in [2.45, 2.75) is 13.0 Å². The Labute approximate surface area is 194 Å². The second-order valence-corrected chi connectivity index (χ2v) is 8.41. The number of ether oxygens (including phenoxy) is 1. The van der Waals surface area contributed by atoms with Gasteiger partial charge in [0.25, 0.3) is 0 Å². The molecule has 0 amide bonds. The lowest BCUT2D eigenvalue weighted by Crippen LogP contribution is -2.46. The van der Waals surface area contributed by atoms with Crippen molar-refractivity contribution in [1.29, 1.82) is 0 Å². The minimum atomic E-state index is -0.623. The number of benzene rings is 2. The number of hydrogen-bond acceptors (Lipinski definition) is 8. The number of fused-ring (bicyclic) bond motifs is 1. The molecule has 0 bridgehead atoms. The molecule has 8 heteroatoms. The fourth-order valence-electron chi connectivity index (χ4n) is 4.00. The number of rotatable bonds is 5. The molecular weight excluding hydrogens is 436 g/mol. The Bertz CT molecular complexity index is 1300. The van der Waals surface area contributed by atoms with E-state index < -0.39 is 12.0 Å². The molecular formula is C25H20N4O3S. The first-order valence-corrected chi connectivity index (χ1v) is 11.2. The summed E-state index contributed by atoms with van der Waals surface area (Å²) < 4.78 is 5.11. The minimum absolute atomic E-state index is 0.197. The van der Waals surface area contributed by atoms with Crippen molar-refractivity contribution in [1.82, 2.24) is 4.90 Å². The number of anilines is 1. The highest BCUT2D eigenvalue weighted by Gasteiger charge is 2.46. The zero-order chi connectivity index (χ0) is 22.9. The highest BCUT2D eigenvalue weighted by molar-refractivity contribution is 7.13. The number of aliphatic imine (C=N–C) groups is 1. The van der Waals surface area contributed by atoms with Crippen LogP contribution in [0.1, 0.15) is 28.2 Å². The topological polar surface area (TPSA) is 74.6 Å². The van der Waals surface area contributed by atoms with Crippen LogP contribution in [0.15, 0.2) is 99.5 Å². The summed E-state index contributed by atoms with van der Waals surface area (Å²) in [6.45, 7) is 1.77. The van der Waals surface area contributed by atoms with E-state index in [0.717, 1.165) is 11.3 Å². The van der Waals surface area contributed by atoms with E-state index in [0.29, 0.717) is 22.1 Å². The monoisotopic (exact) mass is 456 g/mol. The molecule has 2 aromatic carbocycles. The number of thiophene rings is 1. The molecule has 5 rings (SSSR count). The van der Waals surface area contributed by atoms with Crippen LogP contribution in [0.2, 0.25) is 0 Å². The molecule has 0 aliphatic carbocycles. The summed E-state index contributed by atoms with van der Waals surface area (Å²) in [4.78, 5) is 33.5. The molecule has 0 radical (unpaired) electrons. The van der Waals surface area contributed by atoms with Gasteiger partial charge in [-0.3, -0.25) is 9.69 Å². The van der Waals surface area contributed by atoms with Gasteiger partial charge >= 0.3 is 5.97 Å². The number of amidine groups is 1. The molecule has 0 saturated carbocycles. The molecule has 7 nitrogen and oxygen atoms in total. The predicted molar refractivity (Wildman–Crippen MR) is 128 cm³/mol. The first-order chi connectivity index (χ1) is 16.1. The predicted octanol–water partition coefficient (Wildman–Crippen LogP) is 4.62. The van der Waals surface area contributed by atoms with Crippen molar-refractivity contribution in [2.75, 3.05) is 12.1 Å². The van der Waals surface area contributed by atoms with Crippen molar-refractivity contribution in [3.8, 4) is 0 Å². The SMILES string of the molecule is COC(=O)C1=C(C)N=C2N(c3ccccc3)N=C(C(=O)c3cccs3)N2C1c1ccccc1. The lowest BCUT2D eigenvalue weighted by molar-refractivity contribution is -0.136. The average molecular weight is 457 g/mol. The second-order valence-electron chi connectivity index (χ2n) is 7.46. The van der Waals surface area contributed by atoms with E-state index in [-0.39, 0.29) is 11.6 Å². The number of carbonyl (C=O) groups is 2. The average Bonchev–Trinajstić information content (AvgIpc) is 3.52. The van der Waals surface area contributed by atoms with Crippen molar-refractivity contribution in [3.05, 3.63) is 99.9 Å². The standard InChI is InChI=1S/C25H20N4O3S/c1-16-20(24(31)32-2)21(17-10-5-3-6-11-17)28-23(22(30)19-14-9-15-33-19)27-29(25(28)26-16)18-12-7-4-8-13-18/h3-15,21H,1-2H3. The Hall–Kier alpha value is -4.04. The molecule has 1 atom stereocenters. The second kappa shape index (κ2) is 8.48. The van der Waals surface area contributed by atoms with Gasteiger partial charge in [-0.2, -0.15) is 5.01 Å². The van der Waals surface area contributed by atoms with Gasteiger partial charge < -0.3 is 4.74 Å². The smallest absolute Gasteiger partial charge is 0.338 e. The van der Waals surface area contributed by atoms with Gasteiger partial charge in [-0.15, -0.1) is 16.4 Å². The number of para-hydroxylation sites is 1. The fraction of sp³-hybridized carbons (Fsp3) is 0.120. The summed E-state index contributed by atoms with van der Waals surface area (Å²) in [7, 11) is 1.34. The fourth-order valence-corrected chi connectivity index (χ4v) is 4.66. The maximum absolute atomic E-state index is 13.6. The van der Waals surface area contributed by atoms with E-state index in [2.05, 4.69) is 0 Å². The minimum Gasteiger partial charge on any atom is -0.466 e. The number of esters is 1. The Morgan fingerprint density at radius 2 is 1.67 bits per heavy atom. The molecule has 0 N–H and O–H groups in total. The third kappa shape index (κ3) is 3.54. The lowest BCUT2D eigenvalue weighted by Gasteiger charge is -2.35. The van der Waals surface area contributed by atoms with Crippen molar-refractivity contribution in [3.63, 3.8) is 0 Å². The highest BCUT2D eigenvalue weighted by atomic mass is 32.1. The summed E-state index contributed by atoms with van der Waals surface area (Å²) in [5, 5.41) is 8.21. The largest absolute Gasteiger partial charge is 0.466 e. The number of nitrogens with zero attached hydrogens (tertiary/aromatic N) is 4. The maximum atomic E-state index is 13.6. The Balaban J connectivity index is 1.74. The number of hydrazone groups is 1. The molecule has 0 fully saturated rings. The number of allylic oxidation sites excluding steroid dienone is 1. The van der Waals surface area contributed by atoms with Crippen LogP contribution in [0.5, 0.6) is 0 Å². The van der Waals surface area contributed by atoms with Crippen molar-refractivity contribution < 1.29 is 14.3 Å². The van der Waals surface area contributed by atoms with Crippen LogP contribution in [-0.4, -0.2) is 35.6 Å². The van der Waals surface area contributed by atoms with Crippen LogP contribution in [0, 0.1) is 0 Å². The van der Waals surface area contributed by atoms with E-state index >= 15 is 0 Å². The molecule has 0 spiro atoms.